The van der Waals surface area contributed by atoms with Gasteiger partial charge in [0.15, 0.2) is 0 Å². The van der Waals surface area contributed by atoms with Gasteiger partial charge in [-0.15, -0.1) is 0 Å². The van der Waals surface area contributed by atoms with Gasteiger partial charge in [0.2, 0.25) is 0 Å². The van der Waals surface area contributed by atoms with Crippen molar-refractivity contribution >= 4 is 11.9 Å². The summed E-state index contributed by atoms with van der Waals surface area (Å²) >= 11 is 0. The average molecular weight is 401 g/mol. The van der Waals surface area contributed by atoms with Crippen LogP contribution in [0.25, 0.3) is 0 Å². The fourth-order valence-corrected chi connectivity index (χ4v) is 2.87. The Kier molecular flexibility index (Phi) is 8.48. The van der Waals surface area contributed by atoms with E-state index in [4.69, 9.17) is 19.3 Å². The number of carbonyl (C=O) groups is 2. The molecule has 156 valence electrons. The minimum absolute atomic E-state index is 0.0629. The smallest absolute Gasteiger partial charge is 0.417 e. The van der Waals surface area contributed by atoms with E-state index in [-0.39, 0.29) is 6.61 Å². The van der Waals surface area contributed by atoms with Crippen LogP contribution in [0.1, 0.15) is 11.1 Å². The van der Waals surface area contributed by atoms with Gasteiger partial charge in [-0.05, 0) is 56.3 Å². The summed E-state index contributed by atoms with van der Waals surface area (Å²) in [5.74, 6) is -1.40. The second-order valence-corrected chi connectivity index (χ2v) is 6.86. The van der Waals surface area contributed by atoms with Crippen molar-refractivity contribution in [2.45, 2.75) is 18.9 Å². The van der Waals surface area contributed by atoms with Gasteiger partial charge in [0.05, 0.1) is 7.11 Å². The Labute approximate surface area is 170 Å². The molecule has 1 atom stereocenters. The van der Waals surface area contributed by atoms with E-state index >= 15 is 0 Å². The summed E-state index contributed by atoms with van der Waals surface area (Å²) in [6.45, 7) is 0.415. The molecular weight excluding hydrogens is 374 g/mol. The molecule has 0 heterocycles. The molecule has 1 N–H and O–H groups in total. The molecule has 2 aromatic rings. The van der Waals surface area contributed by atoms with Gasteiger partial charge in [-0.2, -0.15) is 0 Å². The molecule has 0 aliphatic heterocycles. The predicted molar refractivity (Wildman–Crippen MR) is 108 cm³/mol. The Hall–Kier alpha value is -3.06. The molecule has 0 amide bonds. The minimum atomic E-state index is -1.62. The first-order chi connectivity index (χ1) is 13.9. The van der Waals surface area contributed by atoms with Crippen LogP contribution < -0.4 is 9.47 Å². The Morgan fingerprint density at radius 3 is 2.52 bits per heavy atom. The quantitative estimate of drug-likeness (QED) is 0.483. The second-order valence-electron chi connectivity index (χ2n) is 6.86. The second kappa shape index (κ2) is 11.1. The van der Waals surface area contributed by atoms with E-state index in [1.807, 2.05) is 62.6 Å². The number of benzene rings is 2. The molecule has 0 bridgehead atoms. The Balaban J connectivity index is 2.02. The number of hydrogen-bond acceptors (Lipinski definition) is 6. The molecule has 2 rings (SSSR count). The maximum absolute atomic E-state index is 11.4. The highest BCUT2D eigenvalue weighted by Gasteiger charge is 2.21. The van der Waals surface area contributed by atoms with Gasteiger partial charge in [-0.3, -0.25) is 0 Å². The summed E-state index contributed by atoms with van der Waals surface area (Å²) in [6.07, 6.45) is 0.878. The molecule has 0 saturated heterocycles. The number of likely N-dealkylation sites (N-methyl/N-ethyl adjacent to an activating group) is 1. The van der Waals surface area contributed by atoms with Gasteiger partial charge < -0.3 is 24.2 Å². The zero-order valence-electron chi connectivity index (χ0n) is 17.0. The van der Waals surface area contributed by atoms with Crippen LogP contribution in [-0.4, -0.2) is 62.4 Å². The van der Waals surface area contributed by atoms with E-state index in [0.29, 0.717) is 12.3 Å². The van der Waals surface area contributed by atoms with E-state index in [0.717, 1.165) is 29.7 Å². The van der Waals surface area contributed by atoms with E-state index in [1.165, 1.54) is 0 Å². The van der Waals surface area contributed by atoms with Crippen LogP contribution in [0.3, 0.4) is 0 Å². The highest BCUT2D eigenvalue weighted by molar-refractivity contribution is 6.28. The lowest BCUT2D eigenvalue weighted by atomic mass is 10.0. The number of para-hydroxylation sites is 1. The van der Waals surface area contributed by atoms with Crippen LogP contribution >= 0.6 is 0 Å². The molecule has 0 saturated carbocycles. The molecule has 0 fully saturated rings. The van der Waals surface area contributed by atoms with Gasteiger partial charge >= 0.3 is 11.9 Å². The van der Waals surface area contributed by atoms with Gasteiger partial charge in [-0.1, -0.05) is 30.3 Å². The molecule has 0 aromatic heterocycles. The topological polar surface area (TPSA) is 85.3 Å². The number of aryl methyl sites for hydroxylation is 2. The molecule has 0 aliphatic carbocycles. The maximum Gasteiger partial charge on any atom is 0.417 e. The average Bonchev–Trinajstić information content (AvgIpc) is 2.70. The highest BCUT2D eigenvalue weighted by Crippen LogP contribution is 2.22. The fourth-order valence-electron chi connectivity index (χ4n) is 2.87. The third-order valence-electron chi connectivity index (χ3n) is 4.23. The molecule has 0 aliphatic rings. The van der Waals surface area contributed by atoms with E-state index in [9.17, 15) is 9.59 Å². The number of aliphatic carboxylic acids is 1. The number of rotatable bonds is 10. The maximum atomic E-state index is 11.4. The van der Waals surface area contributed by atoms with E-state index < -0.39 is 18.0 Å². The van der Waals surface area contributed by atoms with Crippen molar-refractivity contribution in [3.63, 3.8) is 0 Å². The van der Waals surface area contributed by atoms with Crippen molar-refractivity contribution in [1.82, 2.24) is 4.90 Å². The van der Waals surface area contributed by atoms with Crippen molar-refractivity contribution in [3.05, 3.63) is 59.7 Å². The summed E-state index contributed by atoms with van der Waals surface area (Å²) in [5.41, 5.74) is 2.17. The molecule has 7 heteroatoms. The molecule has 1 unspecified atom stereocenters. The van der Waals surface area contributed by atoms with Crippen LogP contribution in [0.15, 0.2) is 48.5 Å². The Morgan fingerprint density at radius 2 is 1.83 bits per heavy atom. The van der Waals surface area contributed by atoms with Crippen LogP contribution in [0.4, 0.5) is 0 Å². The number of carboxylic acid groups (broad SMARTS) is 1. The SMILES string of the molecule is COc1cccc(CCc2ccccc2OCC(CN(C)C)OC(=O)C(=O)O)c1. The third-order valence-corrected chi connectivity index (χ3v) is 4.23. The first-order valence-electron chi connectivity index (χ1n) is 9.31. The number of carboxylic acids is 1. The molecule has 29 heavy (non-hydrogen) atoms. The molecule has 0 spiro atoms. The van der Waals surface area contributed by atoms with Crippen LogP contribution in [0.5, 0.6) is 11.5 Å². The lowest BCUT2D eigenvalue weighted by Gasteiger charge is -2.21. The standard InChI is InChI=1S/C22H27NO6/c1-23(2)14-19(29-22(26)21(24)25)15-28-20-10-5-4-8-17(20)12-11-16-7-6-9-18(13-16)27-3/h4-10,13,19H,11-12,14-15H2,1-3H3,(H,24,25). The summed E-state index contributed by atoms with van der Waals surface area (Å²) in [6, 6.07) is 15.6. The number of nitrogens with zero attached hydrogens (tertiary/aromatic N) is 1. The zero-order valence-corrected chi connectivity index (χ0v) is 17.0. The monoisotopic (exact) mass is 401 g/mol. The van der Waals surface area contributed by atoms with Crippen LogP contribution in [0, 0.1) is 0 Å². The summed E-state index contributed by atoms with van der Waals surface area (Å²) in [5, 5.41) is 8.77. The number of esters is 1. The predicted octanol–water partition coefficient (Wildman–Crippen LogP) is 2.42. The number of hydrogen-bond donors (Lipinski definition) is 1. The first kappa shape index (κ1) is 22.2. The van der Waals surface area contributed by atoms with E-state index in [2.05, 4.69) is 0 Å². The van der Waals surface area contributed by atoms with Crippen molar-refractivity contribution in [2.24, 2.45) is 0 Å². The molecule has 7 nitrogen and oxygen atoms in total. The summed E-state index contributed by atoms with van der Waals surface area (Å²) in [7, 11) is 5.26. The van der Waals surface area contributed by atoms with Gasteiger partial charge in [0.25, 0.3) is 0 Å². The minimum Gasteiger partial charge on any atom is -0.497 e. The fraction of sp³-hybridized carbons (Fsp3) is 0.364. The zero-order chi connectivity index (χ0) is 21.2. The Morgan fingerprint density at radius 1 is 1.07 bits per heavy atom. The largest absolute Gasteiger partial charge is 0.497 e. The first-order valence-corrected chi connectivity index (χ1v) is 9.31. The number of ether oxygens (including phenoxy) is 3. The van der Waals surface area contributed by atoms with Gasteiger partial charge in [0.1, 0.15) is 24.2 Å². The van der Waals surface area contributed by atoms with Gasteiger partial charge in [-0.25, -0.2) is 9.59 Å². The lowest BCUT2D eigenvalue weighted by molar-refractivity contribution is -0.168. The van der Waals surface area contributed by atoms with E-state index in [1.54, 1.807) is 12.0 Å². The summed E-state index contributed by atoms with van der Waals surface area (Å²) in [4.78, 5) is 24.0. The molecule has 2 aromatic carbocycles. The highest BCUT2D eigenvalue weighted by atomic mass is 16.6. The normalized spacial score (nSPS) is 11.7. The van der Waals surface area contributed by atoms with Crippen molar-refractivity contribution in [2.75, 3.05) is 34.4 Å². The summed E-state index contributed by atoms with van der Waals surface area (Å²) < 4.78 is 16.2. The lowest BCUT2D eigenvalue weighted by Crippen LogP contribution is -2.37. The van der Waals surface area contributed by atoms with Crippen LogP contribution in [-0.2, 0) is 27.2 Å². The number of methoxy groups -OCH3 is 1. The molecular formula is C22H27NO6. The number of carbonyl (C=O) groups excluding carboxylic acids is 1. The molecule has 0 radical (unpaired) electrons. The van der Waals surface area contributed by atoms with Crippen molar-refractivity contribution in [3.8, 4) is 11.5 Å². The van der Waals surface area contributed by atoms with Crippen molar-refractivity contribution in [1.29, 1.82) is 0 Å². The third kappa shape index (κ3) is 7.46. The van der Waals surface area contributed by atoms with Gasteiger partial charge in [0, 0.05) is 6.54 Å². The Bertz CT molecular complexity index is 820. The van der Waals surface area contributed by atoms with Crippen molar-refractivity contribution < 1.29 is 28.9 Å². The van der Waals surface area contributed by atoms with Crippen LogP contribution in [0.2, 0.25) is 0 Å².